The molecule has 0 unspecified atom stereocenters. The van der Waals surface area contributed by atoms with Crippen molar-refractivity contribution in [1.29, 1.82) is 0 Å². The second-order valence-corrected chi connectivity index (χ2v) is 5.74. The first kappa shape index (κ1) is 17.5. The monoisotopic (exact) mass is 354 g/mol. The molecule has 0 radical (unpaired) electrons. The van der Waals surface area contributed by atoms with E-state index in [4.69, 9.17) is 0 Å². The molecule has 3 aromatic rings. The van der Waals surface area contributed by atoms with E-state index in [1.165, 1.54) is 30.6 Å². The number of imidazole rings is 1. The number of benzene rings is 1. The molecule has 26 heavy (non-hydrogen) atoms. The molecule has 0 aliphatic heterocycles. The Kier molecular flexibility index (Phi) is 5.21. The van der Waals surface area contributed by atoms with Gasteiger partial charge >= 0.3 is 0 Å². The Morgan fingerprint density at radius 3 is 2.58 bits per heavy atom. The summed E-state index contributed by atoms with van der Waals surface area (Å²) in [5, 5.41) is 5.90. The molecule has 2 aromatic heterocycles. The minimum atomic E-state index is -0.369. The third-order valence-electron chi connectivity index (χ3n) is 3.97. The molecule has 0 saturated heterocycles. The van der Waals surface area contributed by atoms with Gasteiger partial charge in [-0.25, -0.2) is 19.3 Å². The highest BCUT2D eigenvalue weighted by Gasteiger charge is 2.07. The second-order valence-electron chi connectivity index (χ2n) is 5.74. The number of hydrogen-bond acceptors (Lipinski definition) is 5. The summed E-state index contributed by atoms with van der Waals surface area (Å²) in [4.78, 5) is 24.6. The van der Waals surface area contributed by atoms with Gasteiger partial charge in [-0.2, -0.15) is 0 Å². The average molecular weight is 354 g/mol. The highest BCUT2D eigenvalue weighted by molar-refractivity contribution is 5.94. The van der Waals surface area contributed by atoms with Crippen molar-refractivity contribution in [2.45, 2.75) is 13.8 Å². The first-order chi connectivity index (χ1) is 12.5. The fourth-order valence-corrected chi connectivity index (χ4v) is 2.38. The lowest BCUT2D eigenvalue weighted by atomic mass is 10.2. The molecule has 134 valence electrons. The van der Waals surface area contributed by atoms with Crippen LogP contribution < -0.4 is 10.6 Å². The summed E-state index contributed by atoms with van der Waals surface area (Å²) >= 11 is 0. The van der Waals surface area contributed by atoms with E-state index in [0.717, 1.165) is 17.2 Å². The molecule has 8 heteroatoms. The van der Waals surface area contributed by atoms with Crippen LogP contribution >= 0.6 is 0 Å². The summed E-state index contributed by atoms with van der Waals surface area (Å²) in [6.45, 7) is 4.81. The van der Waals surface area contributed by atoms with E-state index in [-0.39, 0.29) is 11.7 Å². The molecule has 2 N–H and O–H groups in total. The predicted octanol–water partition coefficient (Wildman–Crippen LogP) is 2.26. The zero-order valence-electron chi connectivity index (χ0n) is 14.5. The maximum absolute atomic E-state index is 12.9. The Labute approximate surface area is 150 Å². The van der Waals surface area contributed by atoms with Crippen LogP contribution in [0.5, 0.6) is 0 Å². The number of amides is 1. The summed E-state index contributed by atoms with van der Waals surface area (Å²) in [5.41, 5.74) is 2.38. The normalized spacial score (nSPS) is 10.6. The minimum Gasteiger partial charge on any atom is -0.368 e. The molecule has 0 spiro atoms. The van der Waals surface area contributed by atoms with Gasteiger partial charge in [-0.05, 0) is 38.1 Å². The van der Waals surface area contributed by atoms with Crippen LogP contribution in [-0.2, 0) is 0 Å². The Bertz CT molecular complexity index is 906. The molecule has 1 aromatic carbocycles. The van der Waals surface area contributed by atoms with Crippen molar-refractivity contribution in [3.8, 4) is 5.82 Å². The van der Waals surface area contributed by atoms with Crippen LogP contribution in [0.15, 0.2) is 43.0 Å². The lowest BCUT2D eigenvalue weighted by molar-refractivity contribution is 0.0955. The Morgan fingerprint density at radius 2 is 1.88 bits per heavy atom. The van der Waals surface area contributed by atoms with Crippen molar-refractivity contribution in [2.24, 2.45) is 0 Å². The number of rotatable bonds is 6. The summed E-state index contributed by atoms with van der Waals surface area (Å²) in [6, 6.07) is 7.23. The molecule has 2 heterocycles. The summed E-state index contributed by atoms with van der Waals surface area (Å²) in [5.74, 6) is 0.749. The van der Waals surface area contributed by atoms with Crippen LogP contribution in [0, 0.1) is 19.7 Å². The maximum Gasteiger partial charge on any atom is 0.251 e. The van der Waals surface area contributed by atoms with Crippen molar-refractivity contribution in [2.75, 3.05) is 18.4 Å². The van der Waals surface area contributed by atoms with Gasteiger partial charge in [0.05, 0.1) is 5.69 Å². The number of halogens is 1. The van der Waals surface area contributed by atoms with Gasteiger partial charge in [-0.3, -0.25) is 9.36 Å². The third kappa shape index (κ3) is 4.02. The Morgan fingerprint density at radius 1 is 1.12 bits per heavy atom. The van der Waals surface area contributed by atoms with E-state index < -0.39 is 0 Å². The van der Waals surface area contributed by atoms with Gasteiger partial charge in [0.15, 0.2) is 0 Å². The van der Waals surface area contributed by atoms with Gasteiger partial charge in [0.2, 0.25) is 0 Å². The van der Waals surface area contributed by atoms with Crippen LogP contribution in [0.3, 0.4) is 0 Å². The zero-order chi connectivity index (χ0) is 18.5. The topological polar surface area (TPSA) is 84.7 Å². The predicted molar refractivity (Wildman–Crippen MR) is 95.9 cm³/mol. The molecule has 1 amide bonds. The van der Waals surface area contributed by atoms with E-state index in [1.807, 2.05) is 24.5 Å². The molecule has 0 aliphatic rings. The zero-order valence-corrected chi connectivity index (χ0v) is 14.5. The molecule has 0 aliphatic carbocycles. The van der Waals surface area contributed by atoms with E-state index >= 15 is 0 Å². The van der Waals surface area contributed by atoms with Gasteiger partial charge in [-0.15, -0.1) is 0 Å². The van der Waals surface area contributed by atoms with Crippen molar-refractivity contribution in [3.63, 3.8) is 0 Å². The number of nitrogens with one attached hydrogen (secondary N) is 2. The summed E-state index contributed by atoms with van der Waals surface area (Å²) in [6.07, 6.45) is 3.20. The Balaban J connectivity index is 1.54. The lowest BCUT2D eigenvalue weighted by Gasteiger charge is -2.09. The fourth-order valence-electron chi connectivity index (χ4n) is 2.38. The standard InChI is InChI=1S/C18H19FN6O/c1-12-13(2)25(11-24-12)17-9-16(22-10-23-17)20-7-8-21-18(26)14-3-5-15(19)6-4-14/h3-6,9-11H,7-8H2,1-2H3,(H,21,26)(H,20,22,23). The van der Waals surface area contributed by atoms with Crippen LogP contribution in [-0.4, -0.2) is 38.5 Å². The number of hydrogen-bond donors (Lipinski definition) is 2. The molecule has 0 atom stereocenters. The molecule has 0 fully saturated rings. The van der Waals surface area contributed by atoms with Crippen LogP contribution in [0.25, 0.3) is 5.82 Å². The number of aromatic nitrogens is 4. The van der Waals surface area contributed by atoms with E-state index in [2.05, 4.69) is 25.6 Å². The van der Waals surface area contributed by atoms with Gasteiger partial charge in [-0.1, -0.05) is 0 Å². The molecule has 7 nitrogen and oxygen atoms in total. The molecular weight excluding hydrogens is 335 g/mol. The fraction of sp³-hybridized carbons (Fsp3) is 0.222. The van der Waals surface area contributed by atoms with E-state index in [9.17, 15) is 9.18 Å². The first-order valence-corrected chi connectivity index (χ1v) is 8.15. The van der Waals surface area contributed by atoms with Crippen molar-refractivity contribution in [3.05, 3.63) is 65.8 Å². The summed E-state index contributed by atoms with van der Waals surface area (Å²) in [7, 11) is 0. The number of carbonyl (C=O) groups excluding carboxylic acids is 1. The lowest BCUT2D eigenvalue weighted by Crippen LogP contribution is -2.28. The number of carbonyl (C=O) groups is 1. The molecule has 3 rings (SSSR count). The third-order valence-corrected chi connectivity index (χ3v) is 3.97. The first-order valence-electron chi connectivity index (χ1n) is 8.15. The highest BCUT2D eigenvalue weighted by atomic mass is 19.1. The number of nitrogens with zero attached hydrogens (tertiary/aromatic N) is 4. The van der Waals surface area contributed by atoms with Crippen LogP contribution in [0.1, 0.15) is 21.7 Å². The second kappa shape index (κ2) is 7.73. The number of aryl methyl sites for hydroxylation is 1. The molecular formula is C18H19FN6O. The van der Waals surface area contributed by atoms with Gasteiger partial charge < -0.3 is 10.6 Å². The van der Waals surface area contributed by atoms with Crippen LogP contribution in [0.2, 0.25) is 0 Å². The SMILES string of the molecule is Cc1ncn(-c2cc(NCCNC(=O)c3ccc(F)cc3)ncn2)c1C. The van der Waals surface area contributed by atoms with Gasteiger partial charge in [0, 0.05) is 30.4 Å². The van der Waals surface area contributed by atoms with Crippen molar-refractivity contribution < 1.29 is 9.18 Å². The molecule has 0 bridgehead atoms. The maximum atomic E-state index is 12.9. The van der Waals surface area contributed by atoms with Crippen LogP contribution in [0.4, 0.5) is 10.2 Å². The Hall–Kier alpha value is -3.29. The highest BCUT2D eigenvalue weighted by Crippen LogP contribution is 2.13. The van der Waals surface area contributed by atoms with E-state index in [1.54, 1.807) is 6.33 Å². The van der Waals surface area contributed by atoms with E-state index in [0.29, 0.717) is 24.5 Å². The smallest absolute Gasteiger partial charge is 0.251 e. The quantitative estimate of drug-likeness (QED) is 0.663. The largest absolute Gasteiger partial charge is 0.368 e. The van der Waals surface area contributed by atoms with Gasteiger partial charge in [0.25, 0.3) is 5.91 Å². The van der Waals surface area contributed by atoms with Gasteiger partial charge in [0.1, 0.15) is 30.1 Å². The molecule has 0 saturated carbocycles. The van der Waals surface area contributed by atoms with Crippen molar-refractivity contribution >= 4 is 11.7 Å². The average Bonchev–Trinajstić information content (AvgIpc) is 2.98. The number of anilines is 1. The van der Waals surface area contributed by atoms with Crippen molar-refractivity contribution in [1.82, 2.24) is 24.8 Å². The minimum absolute atomic E-state index is 0.250. The summed E-state index contributed by atoms with van der Waals surface area (Å²) < 4.78 is 14.8.